The number of carbonyl (C=O) groups is 2. The van der Waals surface area contributed by atoms with Gasteiger partial charge in [0, 0.05) is 26.1 Å². The van der Waals surface area contributed by atoms with E-state index in [1.165, 1.54) is 0 Å². The minimum absolute atomic E-state index is 0.0966. The minimum atomic E-state index is -0.193. The third-order valence-electron chi connectivity index (χ3n) is 3.91. The summed E-state index contributed by atoms with van der Waals surface area (Å²) in [6, 6.07) is 7.56. The first-order valence-electron chi connectivity index (χ1n) is 8.07. The third kappa shape index (κ3) is 5.16. The van der Waals surface area contributed by atoms with Crippen molar-refractivity contribution in [3.05, 3.63) is 29.8 Å². The quantitative estimate of drug-likeness (QED) is 0.801. The molecule has 0 aromatic heterocycles. The highest BCUT2D eigenvalue weighted by Crippen LogP contribution is 2.15. The van der Waals surface area contributed by atoms with Crippen molar-refractivity contribution < 1.29 is 14.3 Å². The van der Waals surface area contributed by atoms with Crippen LogP contribution < -0.4 is 15.4 Å². The minimum Gasteiger partial charge on any atom is -0.497 e. The molecule has 2 rings (SSSR count). The predicted molar refractivity (Wildman–Crippen MR) is 88.5 cm³/mol. The highest BCUT2D eigenvalue weighted by atomic mass is 16.5. The van der Waals surface area contributed by atoms with Crippen LogP contribution in [0.1, 0.15) is 25.3 Å². The molecule has 1 aliphatic rings. The highest BCUT2D eigenvalue weighted by molar-refractivity contribution is 5.81. The summed E-state index contributed by atoms with van der Waals surface area (Å²) in [5.41, 5.74) is 1.16. The molecule has 126 valence electrons. The molecule has 6 nitrogen and oxygen atoms in total. The molecule has 2 N–H and O–H groups in total. The standard InChI is InChI=1S/C17H25N3O3/c1-3-9-18-17(22)19-14-11-16(21)20(12-14)10-8-13-4-6-15(23-2)7-5-13/h4-7,14H,3,8-12H2,1-2H3,(H2,18,19,22)/t14-/m1/s1. The summed E-state index contributed by atoms with van der Waals surface area (Å²) in [5, 5.41) is 5.62. The molecule has 1 saturated heterocycles. The molecule has 1 atom stereocenters. The summed E-state index contributed by atoms with van der Waals surface area (Å²) in [6.07, 6.45) is 2.07. The van der Waals surface area contributed by atoms with Crippen LogP contribution in [0.3, 0.4) is 0 Å². The van der Waals surface area contributed by atoms with Crippen LogP contribution in [0.2, 0.25) is 0 Å². The number of hydrogen-bond acceptors (Lipinski definition) is 3. The van der Waals surface area contributed by atoms with E-state index in [0.29, 0.717) is 26.1 Å². The van der Waals surface area contributed by atoms with E-state index in [0.717, 1.165) is 24.2 Å². The van der Waals surface area contributed by atoms with E-state index in [1.807, 2.05) is 36.1 Å². The van der Waals surface area contributed by atoms with E-state index < -0.39 is 0 Å². The van der Waals surface area contributed by atoms with Crippen LogP contribution in [0.4, 0.5) is 4.79 Å². The Hall–Kier alpha value is -2.24. The number of urea groups is 1. The predicted octanol–water partition coefficient (Wildman–Crippen LogP) is 1.55. The second kappa shape index (κ2) is 8.41. The third-order valence-corrected chi connectivity index (χ3v) is 3.91. The zero-order valence-corrected chi connectivity index (χ0v) is 13.8. The van der Waals surface area contributed by atoms with Gasteiger partial charge in [-0.1, -0.05) is 19.1 Å². The number of hydrogen-bond donors (Lipinski definition) is 2. The Kier molecular flexibility index (Phi) is 6.26. The number of methoxy groups -OCH3 is 1. The molecule has 0 spiro atoms. The molecule has 3 amide bonds. The maximum atomic E-state index is 12.0. The lowest BCUT2D eigenvalue weighted by Gasteiger charge is -2.17. The molecule has 23 heavy (non-hydrogen) atoms. The van der Waals surface area contributed by atoms with E-state index >= 15 is 0 Å². The first-order valence-corrected chi connectivity index (χ1v) is 8.07. The Morgan fingerprint density at radius 2 is 2.09 bits per heavy atom. The van der Waals surface area contributed by atoms with E-state index in [2.05, 4.69) is 10.6 Å². The number of rotatable bonds is 7. The fraction of sp³-hybridized carbons (Fsp3) is 0.529. The number of amides is 3. The molecule has 0 aliphatic carbocycles. The lowest BCUT2D eigenvalue weighted by atomic mass is 10.1. The first-order chi connectivity index (χ1) is 11.1. The summed E-state index contributed by atoms with van der Waals surface area (Å²) >= 11 is 0. The number of benzene rings is 1. The number of likely N-dealkylation sites (tertiary alicyclic amines) is 1. The fourth-order valence-corrected chi connectivity index (χ4v) is 2.62. The topological polar surface area (TPSA) is 70.7 Å². The maximum absolute atomic E-state index is 12.0. The SMILES string of the molecule is CCCNC(=O)N[C@@H]1CC(=O)N(CCc2ccc(OC)cc2)C1. The van der Waals surface area contributed by atoms with E-state index in [4.69, 9.17) is 4.74 Å². The van der Waals surface area contributed by atoms with E-state index in [1.54, 1.807) is 7.11 Å². The van der Waals surface area contributed by atoms with Crippen molar-refractivity contribution in [1.82, 2.24) is 15.5 Å². The lowest BCUT2D eigenvalue weighted by molar-refractivity contribution is -0.127. The molecular weight excluding hydrogens is 294 g/mol. The van der Waals surface area contributed by atoms with Gasteiger partial charge in [-0.2, -0.15) is 0 Å². The second-order valence-electron chi connectivity index (χ2n) is 5.74. The van der Waals surface area contributed by atoms with Crippen LogP contribution in [0.5, 0.6) is 5.75 Å². The molecule has 6 heteroatoms. The molecule has 0 radical (unpaired) electrons. The zero-order valence-electron chi connectivity index (χ0n) is 13.8. The Labute approximate surface area is 137 Å². The van der Waals surface area contributed by atoms with Gasteiger partial charge in [0.2, 0.25) is 5.91 Å². The number of nitrogens with one attached hydrogen (secondary N) is 2. The number of ether oxygens (including phenoxy) is 1. The molecule has 0 unspecified atom stereocenters. The normalized spacial score (nSPS) is 17.2. The Morgan fingerprint density at radius 1 is 1.35 bits per heavy atom. The molecule has 0 saturated carbocycles. The van der Waals surface area contributed by atoms with Crippen molar-refractivity contribution in [3.8, 4) is 5.75 Å². The summed E-state index contributed by atoms with van der Waals surface area (Å²) in [4.78, 5) is 25.5. The summed E-state index contributed by atoms with van der Waals surface area (Å²) < 4.78 is 5.13. The van der Waals surface area contributed by atoms with Crippen molar-refractivity contribution in [2.75, 3.05) is 26.7 Å². The van der Waals surface area contributed by atoms with Gasteiger partial charge in [-0.3, -0.25) is 4.79 Å². The monoisotopic (exact) mass is 319 g/mol. The summed E-state index contributed by atoms with van der Waals surface area (Å²) in [6.45, 7) is 3.89. The van der Waals surface area contributed by atoms with Crippen LogP contribution >= 0.6 is 0 Å². The molecule has 1 fully saturated rings. The molecule has 1 aliphatic heterocycles. The van der Waals surface area contributed by atoms with Crippen molar-refractivity contribution in [2.45, 2.75) is 32.2 Å². The second-order valence-corrected chi connectivity index (χ2v) is 5.74. The molecule has 1 aromatic rings. The smallest absolute Gasteiger partial charge is 0.315 e. The first kappa shape index (κ1) is 17.1. The van der Waals surface area contributed by atoms with Gasteiger partial charge in [0.25, 0.3) is 0 Å². The highest BCUT2D eigenvalue weighted by Gasteiger charge is 2.30. The van der Waals surface area contributed by atoms with Crippen molar-refractivity contribution in [3.63, 3.8) is 0 Å². The van der Waals surface area contributed by atoms with Crippen molar-refractivity contribution in [2.24, 2.45) is 0 Å². The van der Waals surface area contributed by atoms with E-state index in [9.17, 15) is 9.59 Å². The average Bonchev–Trinajstić information content (AvgIpc) is 2.90. The lowest BCUT2D eigenvalue weighted by Crippen LogP contribution is -2.43. The average molecular weight is 319 g/mol. The molecular formula is C17H25N3O3. The molecule has 0 bridgehead atoms. The molecule has 1 aromatic carbocycles. The van der Waals surface area contributed by atoms with E-state index in [-0.39, 0.29) is 18.0 Å². The number of nitrogens with zero attached hydrogens (tertiary/aromatic N) is 1. The van der Waals surface area contributed by atoms with Gasteiger partial charge < -0.3 is 20.3 Å². The largest absolute Gasteiger partial charge is 0.497 e. The van der Waals surface area contributed by atoms with Crippen LogP contribution in [-0.4, -0.2) is 49.6 Å². The zero-order chi connectivity index (χ0) is 16.7. The van der Waals surface area contributed by atoms with Crippen LogP contribution in [0.25, 0.3) is 0 Å². The fourth-order valence-electron chi connectivity index (χ4n) is 2.62. The van der Waals surface area contributed by atoms with Gasteiger partial charge in [-0.15, -0.1) is 0 Å². The van der Waals surface area contributed by atoms with Crippen LogP contribution in [-0.2, 0) is 11.2 Å². The van der Waals surface area contributed by atoms with Crippen molar-refractivity contribution >= 4 is 11.9 Å². The van der Waals surface area contributed by atoms with Gasteiger partial charge in [0.15, 0.2) is 0 Å². The van der Waals surface area contributed by atoms with Crippen molar-refractivity contribution in [1.29, 1.82) is 0 Å². The Morgan fingerprint density at radius 3 is 2.74 bits per heavy atom. The molecule has 1 heterocycles. The van der Waals surface area contributed by atoms with Crippen LogP contribution in [0, 0.1) is 0 Å². The maximum Gasteiger partial charge on any atom is 0.315 e. The van der Waals surface area contributed by atoms with Gasteiger partial charge in [0.05, 0.1) is 13.2 Å². The Bertz CT molecular complexity index is 530. The summed E-state index contributed by atoms with van der Waals surface area (Å²) in [7, 11) is 1.64. The van der Waals surface area contributed by atoms with Gasteiger partial charge in [-0.05, 0) is 30.5 Å². The van der Waals surface area contributed by atoms with Gasteiger partial charge >= 0.3 is 6.03 Å². The van der Waals surface area contributed by atoms with Gasteiger partial charge in [0.1, 0.15) is 5.75 Å². The summed E-state index contributed by atoms with van der Waals surface area (Å²) in [5.74, 6) is 0.924. The van der Waals surface area contributed by atoms with Crippen LogP contribution in [0.15, 0.2) is 24.3 Å². The number of carbonyl (C=O) groups excluding carboxylic acids is 2. The Balaban J connectivity index is 1.77. The van der Waals surface area contributed by atoms with Gasteiger partial charge in [-0.25, -0.2) is 4.79 Å².